The first-order valence-corrected chi connectivity index (χ1v) is 5.87. The Morgan fingerprint density at radius 1 is 1.32 bits per heavy atom. The zero-order chi connectivity index (χ0) is 14.0. The molecule has 0 unspecified atom stereocenters. The van der Waals surface area contributed by atoms with E-state index in [1.807, 2.05) is 20.8 Å². The van der Waals surface area contributed by atoms with E-state index in [2.05, 4.69) is 20.1 Å². The molecule has 0 aromatic carbocycles. The highest BCUT2D eigenvalue weighted by Crippen LogP contribution is 2.30. The summed E-state index contributed by atoms with van der Waals surface area (Å²) in [6.45, 7) is 6.03. The van der Waals surface area contributed by atoms with E-state index in [1.54, 1.807) is 6.07 Å². The van der Waals surface area contributed by atoms with Crippen LogP contribution in [-0.4, -0.2) is 27.2 Å². The molecule has 2 aromatic rings. The Kier molecular flexibility index (Phi) is 3.48. The molecule has 2 rings (SSSR count). The van der Waals surface area contributed by atoms with Gasteiger partial charge in [0.1, 0.15) is 12.0 Å². The van der Waals surface area contributed by atoms with Crippen molar-refractivity contribution in [3.63, 3.8) is 0 Å². The molecular formula is C12H17N5O2. The topological polar surface area (TPSA) is 100.0 Å². The van der Waals surface area contributed by atoms with Gasteiger partial charge in [-0.25, -0.2) is 9.97 Å². The molecule has 2 heterocycles. The molecule has 102 valence electrons. The van der Waals surface area contributed by atoms with Crippen LogP contribution in [-0.2, 0) is 0 Å². The number of nitrogens with zero attached hydrogens (tertiary/aromatic N) is 4. The van der Waals surface area contributed by atoms with Gasteiger partial charge in [0.25, 0.3) is 0 Å². The molecule has 0 aliphatic heterocycles. The van der Waals surface area contributed by atoms with E-state index in [0.29, 0.717) is 23.3 Å². The standard InChI is InChI=1S/C12H17N5O2/c1-12(2,3)9(13)11-16-10(17-19-11)7-5-8(18-4)15-6-14-7/h5-6,9H,13H2,1-4H3/t9-/m0/s1. The summed E-state index contributed by atoms with van der Waals surface area (Å²) in [5.41, 5.74) is 6.44. The van der Waals surface area contributed by atoms with E-state index < -0.39 is 0 Å². The summed E-state index contributed by atoms with van der Waals surface area (Å²) in [6, 6.07) is 1.30. The minimum atomic E-state index is -0.336. The summed E-state index contributed by atoms with van der Waals surface area (Å²) < 4.78 is 10.2. The molecule has 2 aromatic heterocycles. The van der Waals surface area contributed by atoms with E-state index in [0.717, 1.165) is 0 Å². The Morgan fingerprint density at radius 2 is 2.05 bits per heavy atom. The number of aromatic nitrogens is 4. The monoisotopic (exact) mass is 263 g/mol. The van der Waals surface area contributed by atoms with E-state index in [-0.39, 0.29) is 11.5 Å². The molecule has 0 saturated heterocycles. The Labute approximate surface area is 111 Å². The molecule has 19 heavy (non-hydrogen) atoms. The molecule has 7 heteroatoms. The van der Waals surface area contributed by atoms with Crippen molar-refractivity contribution in [3.8, 4) is 17.4 Å². The van der Waals surface area contributed by atoms with Crippen molar-refractivity contribution >= 4 is 0 Å². The van der Waals surface area contributed by atoms with Crippen molar-refractivity contribution in [1.29, 1.82) is 0 Å². The van der Waals surface area contributed by atoms with E-state index in [1.165, 1.54) is 13.4 Å². The fourth-order valence-corrected chi connectivity index (χ4v) is 1.41. The summed E-state index contributed by atoms with van der Waals surface area (Å²) in [6.07, 6.45) is 1.38. The van der Waals surface area contributed by atoms with Crippen molar-refractivity contribution in [1.82, 2.24) is 20.1 Å². The van der Waals surface area contributed by atoms with Gasteiger partial charge in [0.2, 0.25) is 17.6 Å². The first-order valence-electron chi connectivity index (χ1n) is 5.87. The Bertz CT molecular complexity index is 561. The van der Waals surface area contributed by atoms with Gasteiger partial charge in [0, 0.05) is 6.07 Å². The van der Waals surface area contributed by atoms with Gasteiger partial charge >= 0.3 is 0 Å². The van der Waals surface area contributed by atoms with Crippen LogP contribution < -0.4 is 10.5 Å². The number of methoxy groups -OCH3 is 1. The zero-order valence-corrected chi connectivity index (χ0v) is 11.4. The Balaban J connectivity index is 2.30. The van der Waals surface area contributed by atoms with Gasteiger partial charge < -0.3 is 15.0 Å². The third-order valence-electron chi connectivity index (χ3n) is 2.72. The van der Waals surface area contributed by atoms with E-state index in [9.17, 15) is 0 Å². The van der Waals surface area contributed by atoms with Crippen LogP contribution in [0.4, 0.5) is 0 Å². The molecule has 0 bridgehead atoms. The van der Waals surface area contributed by atoms with Crippen molar-refractivity contribution in [3.05, 3.63) is 18.3 Å². The van der Waals surface area contributed by atoms with Crippen LogP contribution in [0, 0.1) is 5.41 Å². The lowest BCUT2D eigenvalue weighted by atomic mass is 9.87. The smallest absolute Gasteiger partial charge is 0.244 e. The molecule has 0 saturated carbocycles. The Morgan fingerprint density at radius 3 is 2.68 bits per heavy atom. The van der Waals surface area contributed by atoms with Crippen LogP contribution in [0.1, 0.15) is 32.7 Å². The number of rotatable bonds is 3. The van der Waals surface area contributed by atoms with Gasteiger partial charge in [0.15, 0.2) is 0 Å². The fourth-order valence-electron chi connectivity index (χ4n) is 1.41. The first kappa shape index (κ1) is 13.4. The van der Waals surface area contributed by atoms with Crippen molar-refractivity contribution < 1.29 is 9.26 Å². The highest BCUT2D eigenvalue weighted by atomic mass is 16.5. The lowest BCUT2D eigenvalue weighted by Crippen LogP contribution is -2.26. The van der Waals surface area contributed by atoms with Crippen LogP contribution in [0.25, 0.3) is 11.5 Å². The molecule has 0 spiro atoms. The molecule has 0 aliphatic carbocycles. The van der Waals surface area contributed by atoms with Crippen molar-refractivity contribution in [2.45, 2.75) is 26.8 Å². The predicted molar refractivity (Wildman–Crippen MR) is 68.3 cm³/mol. The highest BCUT2D eigenvalue weighted by molar-refractivity contribution is 5.49. The minimum absolute atomic E-state index is 0.160. The lowest BCUT2D eigenvalue weighted by molar-refractivity contribution is 0.253. The van der Waals surface area contributed by atoms with Gasteiger partial charge in [-0.05, 0) is 5.41 Å². The summed E-state index contributed by atoms with van der Waals surface area (Å²) in [5.74, 6) is 1.20. The maximum Gasteiger partial charge on any atom is 0.244 e. The summed E-state index contributed by atoms with van der Waals surface area (Å²) in [5, 5.41) is 3.88. The third kappa shape index (κ3) is 2.87. The van der Waals surface area contributed by atoms with Gasteiger partial charge in [-0.1, -0.05) is 25.9 Å². The van der Waals surface area contributed by atoms with Crippen LogP contribution >= 0.6 is 0 Å². The second-order valence-electron chi connectivity index (χ2n) is 5.25. The van der Waals surface area contributed by atoms with Gasteiger partial charge in [-0.15, -0.1) is 0 Å². The van der Waals surface area contributed by atoms with Gasteiger partial charge in [-0.2, -0.15) is 4.98 Å². The molecule has 7 nitrogen and oxygen atoms in total. The SMILES string of the molecule is COc1cc(-c2noc([C@H](N)C(C)(C)C)n2)ncn1. The van der Waals surface area contributed by atoms with E-state index >= 15 is 0 Å². The van der Waals surface area contributed by atoms with E-state index in [4.69, 9.17) is 15.0 Å². The second kappa shape index (κ2) is 4.93. The summed E-state index contributed by atoms with van der Waals surface area (Å²) in [4.78, 5) is 12.3. The van der Waals surface area contributed by atoms with Crippen LogP contribution in [0.5, 0.6) is 5.88 Å². The van der Waals surface area contributed by atoms with Crippen LogP contribution in [0.3, 0.4) is 0 Å². The summed E-state index contributed by atoms with van der Waals surface area (Å²) >= 11 is 0. The normalized spacial score (nSPS) is 13.3. The lowest BCUT2D eigenvalue weighted by Gasteiger charge is -2.23. The maximum atomic E-state index is 6.07. The molecule has 0 radical (unpaired) electrons. The average molecular weight is 263 g/mol. The van der Waals surface area contributed by atoms with Crippen molar-refractivity contribution in [2.24, 2.45) is 11.1 Å². The Hall–Kier alpha value is -2.02. The maximum absolute atomic E-state index is 6.07. The quantitative estimate of drug-likeness (QED) is 0.897. The zero-order valence-electron chi connectivity index (χ0n) is 11.4. The van der Waals surface area contributed by atoms with Crippen LogP contribution in [0.2, 0.25) is 0 Å². The molecular weight excluding hydrogens is 246 g/mol. The third-order valence-corrected chi connectivity index (χ3v) is 2.72. The molecule has 2 N–H and O–H groups in total. The first-order chi connectivity index (χ1) is 8.91. The average Bonchev–Trinajstić information content (AvgIpc) is 2.86. The summed E-state index contributed by atoms with van der Waals surface area (Å²) in [7, 11) is 1.53. The molecule has 1 atom stereocenters. The van der Waals surface area contributed by atoms with Crippen molar-refractivity contribution in [2.75, 3.05) is 7.11 Å². The molecule has 0 amide bonds. The number of hydrogen-bond acceptors (Lipinski definition) is 7. The van der Waals surface area contributed by atoms with Gasteiger partial charge in [-0.3, -0.25) is 0 Å². The number of ether oxygens (including phenoxy) is 1. The predicted octanol–water partition coefficient (Wildman–Crippen LogP) is 1.58. The van der Waals surface area contributed by atoms with Crippen LogP contribution in [0.15, 0.2) is 16.9 Å². The largest absolute Gasteiger partial charge is 0.481 e. The molecule has 0 aliphatic rings. The minimum Gasteiger partial charge on any atom is -0.481 e. The van der Waals surface area contributed by atoms with Gasteiger partial charge in [0.05, 0.1) is 13.2 Å². The molecule has 0 fully saturated rings. The highest BCUT2D eigenvalue weighted by Gasteiger charge is 2.28. The fraction of sp³-hybridized carbons (Fsp3) is 0.500. The second-order valence-corrected chi connectivity index (χ2v) is 5.25. The number of hydrogen-bond donors (Lipinski definition) is 1. The number of nitrogens with two attached hydrogens (primary N) is 1.